The lowest BCUT2D eigenvalue weighted by atomic mass is 9.79. The zero-order chi connectivity index (χ0) is 13.3. The number of esters is 1. The van der Waals surface area contributed by atoms with Crippen molar-refractivity contribution in [3.05, 3.63) is 12.2 Å². The molecule has 8 unspecified atom stereocenters. The fourth-order valence-corrected chi connectivity index (χ4v) is 4.77. The minimum Gasteiger partial charge on any atom is -0.459 e. The van der Waals surface area contributed by atoms with Crippen LogP contribution in [0.4, 0.5) is 0 Å². The highest BCUT2D eigenvalue weighted by molar-refractivity contribution is 5.88. The van der Waals surface area contributed by atoms with E-state index in [0.717, 1.165) is 12.3 Å². The van der Waals surface area contributed by atoms with Gasteiger partial charge in [-0.3, -0.25) is 0 Å². The average Bonchev–Trinajstić information content (AvgIpc) is 2.74. The van der Waals surface area contributed by atoms with Crippen LogP contribution in [0.15, 0.2) is 12.2 Å². The standard InChI is InChI=1S/C15H20O4/c1-6(7(2)16)15(17)19-11-4-8-3-10(11)13-9(8)5-12-14(13)18-12/h7-14,16H,1,3-5H2,2H3. The van der Waals surface area contributed by atoms with Gasteiger partial charge in [-0.15, -0.1) is 0 Å². The smallest absolute Gasteiger partial charge is 0.336 e. The molecule has 3 saturated carbocycles. The number of hydrogen-bond acceptors (Lipinski definition) is 4. The van der Waals surface area contributed by atoms with Crippen molar-refractivity contribution >= 4 is 5.97 Å². The van der Waals surface area contributed by atoms with E-state index in [1.165, 1.54) is 12.8 Å². The van der Waals surface area contributed by atoms with Crippen LogP contribution in [0.25, 0.3) is 0 Å². The van der Waals surface area contributed by atoms with Gasteiger partial charge in [-0.2, -0.15) is 0 Å². The summed E-state index contributed by atoms with van der Waals surface area (Å²) < 4.78 is 11.2. The van der Waals surface area contributed by atoms with Crippen LogP contribution in [0, 0.1) is 23.7 Å². The number of ether oxygens (including phenoxy) is 2. The summed E-state index contributed by atoms with van der Waals surface area (Å²) in [7, 11) is 0. The van der Waals surface area contributed by atoms with E-state index in [2.05, 4.69) is 6.58 Å². The molecule has 4 nitrogen and oxygen atoms in total. The fourth-order valence-electron chi connectivity index (χ4n) is 4.77. The molecule has 0 aromatic heterocycles. The summed E-state index contributed by atoms with van der Waals surface area (Å²) in [6.07, 6.45) is 3.52. The summed E-state index contributed by atoms with van der Waals surface area (Å²) in [5.41, 5.74) is 0.159. The molecule has 1 saturated heterocycles. The van der Waals surface area contributed by atoms with Gasteiger partial charge in [-0.1, -0.05) is 6.58 Å². The molecule has 8 atom stereocenters. The largest absolute Gasteiger partial charge is 0.459 e. The van der Waals surface area contributed by atoms with Gasteiger partial charge in [0.15, 0.2) is 0 Å². The number of fused-ring (bicyclic) bond motifs is 7. The van der Waals surface area contributed by atoms with Crippen molar-refractivity contribution < 1.29 is 19.4 Å². The maximum atomic E-state index is 11.9. The Labute approximate surface area is 112 Å². The normalized spacial score (nSPS) is 50.5. The van der Waals surface area contributed by atoms with Crippen molar-refractivity contribution in [3.8, 4) is 0 Å². The molecule has 104 valence electrons. The molecule has 4 heteroatoms. The molecule has 1 aliphatic heterocycles. The van der Waals surface area contributed by atoms with E-state index in [4.69, 9.17) is 9.47 Å². The predicted octanol–water partition coefficient (Wildman–Crippen LogP) is 1.28. The molecule has 19 heavy (non-hydrogen) atoms. The molecule has 3 aliphatic carbocycles. The quantitative estimate of drug-likeness (QED) is 0.474. The third-order valence-corrected chi connectivity index (χ3v) is 5.71. The highest BCUT2D eigenvalue weighted by Gasteiger charge is 2.67. The van der Waals surface area contributed by atoms with E-state index in [1.54, 1.807) is 6.92 Å². The van der Waals surface area contributed by atoms with Gasteiger partial charge in [0, 0.05) is 5.92 Å². The van der Waals surface area contributed by atoms with Crippen LogP contribution in [0.1, 0.15) is 26.2 Å². The zero-order valence-electron chi connectivity index (χ0n) is 11.1. The second kappa shape index (κ2) is 3.83. The first-order chi connectivity index (χ1) is 9.06. The van der Waals surface area contributed by atoms with Crippen molar-refractivity contribution in [2.75, 3.05) is 0 Å². The highest BCUT2D eigenvalue weighted by atomic mass is 16.6. The molecular weight excluding hydrogens is 244 g/mol. The summed E-state index contributed by atoms with van der Waals surface area (Å²) in [5, 5.41) is 9.38. The SMILES string of the molecule is C=C(C(=O)OC1CC2CC1C1C2CC2OC21)C(C)O. The lowest BCUT2D eigenvalue weighted by Gasteiger charge is -2.32. The average molecular weight is 264 g/mol. The second-order valence-corrected chi connectivity index (χ2v) is 6.66. The summed E-state index contributed by atoms with van der Waals surface area (Å²) in [6.45, 7) is 5.14. The number of epoxide rings is 1. The van der Waals surface area contributed by atoms with Crippen LogP contribution in [0.5, 0.6) is 0 Å². The van der Waals surface area contributed by atoms with Gasteiger partial charge in [-0.05, 0) is 43.9 Å². The molecule has 0 amide bonds. The Bertz CT molecular complexity index is 443. The Hall–Kier alpha value is -0.870. The molecule has 4 aliphatic rings. The van der Waals surface area contributed by atoms with E-state index in [-0.39, 0.29) is 11.7 Å². The van der Waals surface area contributed by atoms with E-state index in [9.17, 15) is 9.90 Å². The van der Waals surface area contributed by atoms with E-state index in [0.29, 0.717) is 30.0 Å². The van der Waals surface area contributed by atoms with Gasteiger partial charge < -0.3 is 14.6 Å². The minimum atomic E-state index is -0.832. The maximum Gasteiger partial charge on any atom is 0.336 e. The van der Waals surface area contributed by atoms with Gasteiger partial charge in [0.05, 0.1) is 23.9 Å². The van der Waals surface area contributed by atoms with Crippen LogP contribution < -0.4 is 0 Å². The third-order valence-electron chi connectivity index (χ3n) is 5.71. The van der Waals surface area contributed by atoms with Crippen molar-refractivity contribution in [3.63, 3.8) is 0 Å². The number of carbonyl (C=O) groups excluding carboxylic acids is 1. The molecule has 2 bridgehead atoms. The number of aliphatic hydroxyl groups is 1. The third kappa shape index (κ3) is 1.62. The first-order valence-electron chi connectivity index (χ1n) is 7.29. The fraction of sp³-hybridized carbons (Fsp3) is 0.800. The first kappa shape index (κ1) is 11.9. The van der Waals surface area contributed by atoms with Gasteiger partial charge in [0.1, 0.15) is 6.10 Å². The Morgan fingerprint density at radius 1 is 1.37 bits per heavy atom. The molecular formula is C15H20O4. The minimum absolute atomic E-state index is 0.0113. The number of carbonyl (C=O) groups is 1. The monoisotopic (exact) mass is 264 g/mol. The lowest BCUT2D eigenvalue weighted by molar-refractivity contribution is -0.149. The Morgan fingerprint density at radius 2 is 2.16 bits per heavy atom. The summed E-state index contributed by atoms with van der Waals surface area (Å²) >= 11 is 0. The molecule has 0 radical (unpaired) electrons. The lowest BCUT2D eigenvalue weighted by Crippen LogP contribution is -2.35. The predicted molar refractivity (Wildman–Crippen MR) is 67.2 cm³/mol. The van der Waals surface area contributed by atoms with Crippen LogP contribution >= 0.6 is 0 Å². The molecule has 0 spiro atoms. The van der Waals surface area contributed by atoms with Gasteiger partial charge in [-0.25, -0.2) is 4.79 Å². The summed E-state index contributed by atoms with van der Waals surface area (Å²) in [6, 6.07) is 0. The topological polar surface area (TPSA) is 59.1 Å². The summed E-state index contributed by atoms with van der Waals surface area (Å²) in [5.74, 6) is 2.17. The second-order valence-electron chi connectivity index (χ2n) is 6.66. The molecule has 4 rings (SSSR count). The Balaban J connectivity index is 1.44. The van der Waals surface area contributed by atoms with Crippen molar-refractivity contribution in [1.29, 1.82) is 0 Å². The molecule has 1 heterocycles. The van der Waals surface area contributed by atoms with Crippen molar-refractivity contribution in [1.82, 2.24) is 0 Å². The molecule has 0 aromatic rings. The maximum absolute atomic E-state index is 11.9. The molecule has 1 N–H and O–H groups in total. The molecule has 4 fully saturated rings. The highest BCUT2D eigenvalue weighted by Crippen LogP contribution is 2.64. The summed E-state index contributed by atoms with van der Waals surface area (Å²) in [4.78, 5) is 11.9. The van der Waals surface area contributed by atoms with E-state index in [1.807, 2.05) is 0 Å². The zero-order valence-corrected chi connectivity index (χ0v) is 11.1. The first-order valence-corrected chi connectivity index (χ1v) is 7.29. The van der Waals surface area contributed by atoms with Crippen molar-refractivity contribution in [2.45, 2.75) is 50.6 Å². The number of aliphatic hydroxyl groups excluding tert-OH is 1. The Kier molecular flexibility index (Phi) is 2.40. The van der Waals surface area contributed by atoms with E-state index >= 15 is 0 Å². The van der Waals surface area contributed by atoms with Gasteiger partial charge >= 0.3 is 5.97 Å². The van der Waals surface area contributed by atoms with Crippen LogP contribution in [-0.4, -0.2) is 35.5 Å². The van der Waals surface area contributed by atoms with Crippen LogP contribution in [-0.2, 0) is 14.3 Å². The number of rotatable bonds is 3. The van der Waals surface area contributed by atoms with Gasteiger partial charge in [0.25, 0.3) is 0 Å². The van der Waals surface area contributed by atoms with Crippen LogP contribution in [0.3, 0.4) is 0 Å². The van der Waals surface area contributed by atoms with Crippen LogP contribution in [0.2, 0.25) is 0 Å². The van der Waals surface area contributed by atoms with Crippen molar-refractivity contribution in [2.24, 2.45) is 23.7 Å². The molecule has 0 aromatic carbocycles. The Morgan fingerprint density at radius 3 is 2.89 bits per heavy atom. The van der Waals surface area contributed by atoms with E-state index < -0.39 is 12.1 Å². The number of hydrogen-bond donors (Lipinski definition) is 1. The van der Waals surface area contributed by atoms with Gasteiger partial charge in [0.2, 0.25) is 0 Å².